The van der Waals surface area contributed by atoms with Crippen LogP contribution in [0.25, 0.3) is 0 Å². The molecule has 0 fully saturated rings. The van der Waals surface area contributed by atoms with E-state index < -0.39 is 105 Å². The van der Waals surface area contributed by atoms with Crippen molar-refractivity contribution in [1.29, 1.82) is 0 Å². The lowest BCUT2D eigenvalue weighted by Gasteiger charge is -2.31. The average molecular weight is 775 g/mol. The Balaban J connectivity index is 6.22. The van der Waals surface area contributed by atoms with Crippen molar-refractivity contribution in [2.45, 2.75) is 6.42 Å². The molecule has 0 aromatic rings. The van der Waals surface area contributed by atoms with Gasteiger partial charge in [-0.15, -0.1) is 0 Å². The zero-order chi connectivity index (χ0) is 35.5. The zero-order valence-electron chi connectivity index (χ0n) is 26.4. The fraction of sp³-hybridized carbons (Fsp3) is 1.00. The second kappa shape index (κ2) is 18.3. The first-order valence-electron chi connectivity index (χ1n) is 13.0. The van der Waals surface area contributed by atoms with Crippen LogP contribution in [0.2, 0.25) is 0 Å². The number of hydrogen-bond donors (Lipinski definition) is 0. The molecule has 0 aliphatic rings. The van der Waals surface area contributed by atoms with Crippen molar-refractivity contribution in [1.82, 2.24) is 16.0 Å². The van der Waals surface area contributed by atoms with Gasteiger partial charge in [-0.25, -0.2) is 59.1 Å². The molecular weight excluding hydrogens is 729 g/mol. The van der Waals surface area contributed by atoms with Gasteiger partial charge in [-0.1, -0.05) is 7.42 Å². The lowest BCUT2D eigenvalue weighted by atomic mass is 10.1. The maximum absolute atomic E-state index is 12.7. The van der Waals surface area contributed by atoms with Crippen LogP contribution in [0.5, 0.6) is 0 Å². The highest BCUT2D eigenvalue weighted by Crippen LogP contribution is 2.16. The van der Waals surface area contributed by atoms with E-state index in [4.69, 9.17) is 14.2 Å². The summed E-state index contributed by atoms with van der Waals surface area (Å²) < 4.78 is 165. The van der Waals surface area contributed by atoms with E-state index in [9.17, 15) is 50.5 Å². The molecule has 0 N–H and O–H groups in total. The summed E-state index contributed by atoms with van der Waals surface area (Å²) >= 11 is 0. The number of sulfonamides is 6. The minimum Gasteiger partial charge on any atom is -0.382 e. The van der Waals surface area contributed by atoms with Crippen molar-refractivity contribution in [2.75, 3.05) is 117 Å². The van der Waals surface area contributed by atoms with Crippen LogP contribution < -0.4 is 0 Å². The van der Waals surface area contributed by atoms with Gasteiger partial charge in [0.15, 0.2) is 0 Å². The molecule has 0 radical (unpaired) electrons. The molecule has 0 spiro atoms. The second-order valence-electron chi connectivity index (χ2n) is 10.2. The Kier molecular flexibility index (Phi) is 18.0. The summed E-state index contributed by atoms with van der Waals surface area (Å²) in [5, 5.41) is 0. The molecule has 0 aromatic heterocycles. The van der Waals surface area contributed by atoms with Crippen LogP contribution in [0.1, 0.15) is 6.42 Å². The third kappa shape index (κ3) is 18.5. The fourth-order valence-electron chi connectivity index (χ4n) is 3.86. The number of nitrogens with zero attached hydrogens (tertiary/aromatic N) is 4. The van der Waals surface area contributed by atoms with Crippen LogP contribution in [0.3, 0.4) is 0 Å². The summed E-state index contributed by atoms with van der Waals surface area (Å²) in [5.41, 5.74) is 0. The van der Waals surface area contributed by atoms with E-state index in [0.717, 1.165) is 21.1 Å². The van der Waals surface area contributed by atoms with Crippen LogP contribution in [-0.2, 0) is 74.4 Å². The maximum Gasteiger partial charge on any atom is 0.224 e. The molecule has 0 atom stereocenters. The minimum atomic E-state index is -4.31. The minimum absolute atomic E-state index is 0.0227. The first-order valence-corrected chi connectivity index (χ1v) is 24.1. The van der Waals surface area contributed by atoms with Crippen LogP contribution in [0.15, 0.2) is 0 Å². The molecule has 45 heavy (non-hydrogen) atoms. The van der Waals surface area contributed by atoms with E-state index in [1.165, 1.54) is 7.11 Å². The van der Waals surface area contributed by atoms with Gasteiger partial charge in [0.1, 0.15) is 0 Å². The standard InChI is InChI=1S/C20H46N4O15S6/c1-37-14-15-39-17-16-38-13-8-20(18-21(40(2,25)26)9-11-23(42(4,29)30)43(5,31)32)19-22(41(3,27)28)10-12-24(44(6,33)34)45(7,35)36/h20H,8-19H2,1-7H3. The molecule has 272 valence electrons. The molecule has 0 saturated carbocycles. The topological polar surface area (TPSA) is 245 Å². The normalized spacial score (nSPS) is 14.4. The first kappa shape index (κ1) is 44.4. The van der Waals surface area contributed by atoms with Gasteiger partial charge in [0, 0.05) is 53.0 Å². The summed E-state index contributed by atoms with van der Waals surface area (Å²) in [4.78, 5) is 0. The molecule has 0 unspecified atom stereocenters. The predicted molar refractivity (Wildman–Crippen MR) is 167 cm³/mol. The lowest BCUT2D eigenvalue weighted by Crippen LogP contribution is -2.47. The second-order valence-corrected chi connectivity index (χ2v) is 22.2. The van der Waals surface area contributed by atoms with E-state index in [2.05, 4.69) is 0 Å². The molecule has 0 aliphatic carbocycles. The van der Waals surface area contributed by atoms with E-state index >= 15 is 0 Å². The summed E-state index contributed by atoms with van der Waals surface area (Å²) in [7, 11) is -24.0. The van der Waals surface area contributed by atoms with E-state index in [-0.39, 0.29) is 33.7 Å². The Labute approximate surface area is 269 Å². The summed E-state index contributed by atoms with van der Waals surface area (Å²) in [5.74, 6) is -0.876. The number of hydrogen-bond acceptors (Lipinski definition) is 15. The highest BCUT2D eigenvalue weighted by molar-refractivity contribution is 8.03. The molecule has 0 saturated heterocycles. The highest BCUT2D eigenvalue weighted by Gasteiger charge is 2.33. The van der Waals surface area contributed by atoms with Crippen LogP contribution in [0, 0.1) is 5.92 Å². The highest BCUT2D eigenvalue weighted by atomic mass is 32.3. The summed E-state index contributed by atoms with van der Waals surface area (Å²) in [6.45, 7) is -2.65. The quantitative estimate of drug-likeness (QED) is 0.0822. The molecule has 19 nitrogen and oxygen atoms in total. The molecule has 0 rings (SSSR count). The van der Waals surface area contributed by atoms with Gasteiger partial charge in [-0.2, -0.15) is 0 Å². The molecular formula is C20H46N4O15S6. The fourth-order valence-corrected chi connectivity index (χ4v) is 11.2. The van der Waals surface area contributed by atoms with Crippen LogP contribution in [0.4, 0.5) is 0 Å². The van der Waals surface area contributed by atoms with Crippen LogP contribution >= 0.6 is 0 Å². The third-order valence-corrected chi connectivity index (χ3v) is 15.4. The first-order chi connectivity index (χ1) is 20.1. The Morgan fingerprint density at radius 1 is 0.444 bits per heavy atom. The van der Waals surface area contributed by atoms with Gasteiger partial charge in [-0.05, 0) is 12.3 Å². The lowest BCUT2D eigenvalue weighted by molar-refractivity contribution is 0.0209. The van der Waals surface area contributed by atoms with Crippen molar-refractivity contribution in [3.63, 3.8) is 0 Å². The molecule has 0 aliphatic heterocycles. The average Bonchev–Trinajstić information content (AvgIpc) is 2.79. The Hall–Kier alpha value is -0.580. The summed E-state index contributed by atoms with van der Waals surface area (Å²) in [6.07, 6.45) is 4.17. The number of rotatable bonds is 25. The predicted octanol–water partition coefficient (Wildman–Crippen LogP) is -3.36. The van der Waals surface area contributed by atoms with Gasteiger partial charge in [0.2, 0.25) is 60.1 Å². The molecule has 25 heteroatoms. The third-order valence-electron chi connectivity index (χ3n) is 5.88. The van der Waals surface area contributed by atoms with Gasteiger partial charge in [0.05, 0.1) is 64.0 Å². The van der Waals surface area contributed by atoms with Gasteiger partial charge in [-0.3, -0.25) is 0 Å². The van der Waals surface area contributed by atoms with Crippen molar-refractivity contribution < 1.29 is 64.7 Å². The van der Waals surface area contributed by atoms with Gasteiger partial charge in [0.25, 0.3) is 0 Å². The van der Waals surface area contributed by atoms with Gasteiger partial charge < -0.3 is 14.2 Å². The monoisotopic (exact) mass is 774 g/mol. The molecule has 0 amide bonds. The van der Waals surface area contributed by atoms with E-state index in [1.807, 2.05) is 0 Å². The Bertz CT molecular complexity index is 1410. The number of ether oxygens (including phenoxy) is 3. The molecule has 0 heterocycles. The van der Waals surface area contributed by atoms with Gasteiger partial charge >= 0.3 is 0 Å². The molecule has 0 bridgehead atoms. The SMILES string of the molecule is COCCOCCOCCC(CN(CCN(S(C)(=O)=O)S(C)(=O)=O)S(C)(=O)=O)CN(CCN(S(C)(=O)=O)S(C)(=O)=O)S(C)(=O)=O. The zero-order valence-corrected chi connectivity index (χ0v) is 31.3. The largest absolute Gasteiger partial charge is 0.382 e. The maximum atomic E-state index is 12.7. The Morgan fingerprint density at radius 2 is 0.756 bits per heavy atom. The van der Waals surface area contributed by atoms with Crippen molar-refractivity contribution in [3.05, 3.63) is 0 Å². The van der Waals surface area contributed by atoms with Crippen molar-refractivity contribution in [3.8, 4) is 0 Å². The smallest absolute Gasteiger partial charge is 0.224 e. The Morgan fingerprint density at radius 3 is 1.04 bits per heavy atom. The van der Waals surface area contributed by atoms with Crippen molar-refractivity contribution >= 4 is 60.1 Å². The van der Waals surface area contributed by atoms with E-state index in [0.29, 0.717) is 38.2 Å². The van der Waals surface area contributed by atoms with Crippen molar-refractivity contribution in [2.24, 2.45) is 5.92 Å². The summed E-state index contributed by atoms with van der Waals surface area (Å²) in [6, 6.07) is 0. The number of methoxy groups -OCH3 is 1. The van der Waals surface area contributed by atoms with E-state index in [1.54, 1.807) is 0 Å². The van der Waals surface area contributed by atoms with Crippen LogP contribution in [-0.4, -0.2) is 183 Å². The molecule has 0 aromatic carbocycles.